The van der Waals surface area contributed by atoms with Crippen molar-refractivity contribution in [1.82, 2.24) is 20.1 Å². The molecule has 0 fully saturated rings. The van der Waals surface area contributed by atoms with Crippen molar-refractivity contribution in [2.45, 2.75) is 26.8 Å². The Labute approximate surface area is 119 Å². The second-order valence-corrected chi connectivity index (χ2v) is 5.42. The number of anilines is 2. The average Bonchev–Trinajstić information content (AvgIpc) is 3.01. The van der Waals surface area contributed by atoms with Crippen molar-refractivity contribution in [1.29, 1.82) is 0 Å². The van der Waals surface area contributed by atoms with Crippen LogP contribution in [0.5, 0.6) is 0 Å². The monoisotopic (exact) mass is 290 g/mol. The molecule has 0 saturated heterocycles. The lowest BCUT2D eigenvalue weighted by molar-refractivity contribution is 0.379. The number of nitrogen functional groups attached to an aromatic ring is 1. The molecule has 0 aliphatic rings. The molecule has 0 bridgehead atoms. The fourth-order valence-electron chi connectivity index (χ4n) is 1.87. The number of rotatable bonds is 4. The van der Waals surface area contributed by atoms with E-state index in [-0.39, 0.29) is 5.95 Å². The third-order valence-corrected chi connectivity index (χ3v) is 3.96. The molecule has 0 amide bonds. The van der Waals surface area contributed by atoms with Gasteiger partial charge in [0.15, 0.2) is 5.82 Å². The second kappa shape index (κ2) is 5.04. The predicted octanol–water partition coefficient (Wildman–Crippen LogP) is 2.14. The summed E-state index contributed by atoms with van der Waals surface area (Å²) >= 11 is 1.63. The molecule has 3 aromatic rings. The number of nitrogens with two attached hydrogens (primary N) is 1. The van der Waals surface area contributed by atoms with Crippen LogP contribution in [-0.4, -0.2) is 20.1 Å². The number of nitrogens with one attached hydrogen (secondary N) is 1. The van der Waals surface area contributed by atoms with Crippen LogP contribution in [0.3, 0.4) is 0 Å². The molecule has 0 spiro atoms. The molecule has 20 heavy (non-hydrogen) atoms. The highest BCUT2D eigenvalue weighted by Crippen LogP contribution is 2.29. The summed E-state index contributed by atoms with van der Waals surface area (Å²) in [5.74, 6) is 2.07. The topological polar surface area (TPSA) is 103 Å². The van der Waals surface area contributed by atoms with E-state index in [0.29, 0.717) is 24.1 Å². The predicted molar refractivity (Wildman–Crippen MR) is 77.6 cm³/mol. The van der Waals surface area contributed by atoms with E-state index in [9.17, 15) is 0 Å². The van der Waals surface area contributed by atoms with Gasteiger partial charge in [0, 0.05) is 4.88 Å². The summed E-state index contributed by atoms with van der Waals surface area (Å²) in [6, 6.07) is 2.08. The van der Waals surface area contributed by atoms with Crippen molar-refractivity contribution in [2.24, 2.45) is 0 Å². The van der Waals surface area contributed by atoms with Crippen LogP contribution in [0.15, 0.2) is 10.6 Å². The molecule has 0 atom stereocenters. The normalized spacial score (nSPS) is 11.1. The average molecular weight is 290 g/mol. The fourth-order valence-corrected chi connectivity index (χ4v) is 2.84. The molecule has 3 aromatic heterocycles. The van der Waals surface area contributed by atoms with Crippen molar-refractivity contribution >= 4 is 33.3 Å². The van der Waals surface area contributed by atoms with E-state index in [2.05, 4.69) is 38.4 Å². The minimum atomic E-state index is 0.256. The number of aryl methyl sites for hydroxylation is 2. The Morgan fingerprint density at radius 2 is 2.20 bits per heavy atom. The third kappa shape index (κ3) is 2.42. The van der Waals surface area contributed by atoms with E-state index >= 15 is 0 Å². The first-order chi connectivity index (χ1) is 9.65. The maximum Gasteiger partial charge on any atom is 0.245 e. The standard InChI is InChI=1S/C12H14N6OS/c1-3-7-4-8-10(16-12(13)17-11(8)20-7)14-5-9-15-6(2)18-19-9/h4H,3,5H2,1-2H3,(H3,13,14,16,17). The van der Waals surface area contributed by atoms with Gasteiger partial charge in [0.1, 0.15) is 10.6 Å². The number of nitrogens with zero attached hydrogens (tertiary/aromatic N) is 4. The van der Waals surface area contributed by atoms with Gasteiger partial charge in [-0.15, -0.1) is 11.3 Å². The highest BCUT2D eigenvalue weighted by Gasteiger charge is 2.11. The van der Waals surface area contributed by atoms with Gasteiger partial charge in [-0.1, -0.05) is 12.1 Å². The number of thiophene rings is 1. The zero-order valence-corrected chi connectivity index (χ0v) is 12.0. The molecule has 0 aliphatic heterocycles. The summed E-state index contributed by atoms with van der Waals surface area (Å²) < 4.78 is 5.06. The zero-order valence-electron chi connectivity index (χ0n) is 11.2. The molecule has 3 heterocycles. The van der Waals surface area contributed by atoms with E-state index < -0.39 is 0 Å². The lowest BCUT2D eigenvalue weighted by atomic mass is 10.3. The fraction of sp³-hybridized carbons (Fsp3) is 0.333. The van der Waals surface area contributed by atoms with Crippen LogP contribution in [0.1, 0.15) is 23.5 Å². The first kappa shape index (κ1) is 12.8. The van der Waals surface area contributed by atoms with E-state index in [1.54, 1.807) is 18.3 Å². The molecule has 3 rings (SSSR count). The van der Waals surface area contributed by atoms with E-state index in [0.717, 1.165) is 16.6 Å². The Bertz CT molecular complexity index is 750. The van der Waals surface area contributed by atoms with E-state index in [1.807, 2.05) is 0 Å². The lowest BCUT2D eigenvalue weighted by Crippen LogP contribution is -2.04. The molecule has 0 unspecified atom stereocenters. The summed E-state index contributed by atoms with van der Waals surface area (Å²) in [6.07, 6.45) is 0.962. The molecule has 104 valence electrons. The Hall–Kier alpha value is -2.22. The SMILES string of the molecule is CCc1cc2c(NCc3nc(C)no3)nc(N)nc2s1. The number of aromatic nitrogens is 4. The number of fused-ring (bicyclic) bond motifs is 1. The summed E-state index contributed by atoms with van der Waals surface area (Å²) in [5, 5.41) is 7.89. The van der Waals surface area contributed by atoms with Gasteiger partial charge in [0.2, 0.25) is 11.8 Å². The van der Waals surface area contributed by atoms with Gasteiger partial charge in [-0.05, 0) is 19.4 Å². The highest BCUT2D eigenvalue weighted by molar-refractivity contribution is 7.18. The van der Waals surface area contributed by atoms with Gasteiger partial charge in [-0.25, -0.2) is 4.98 Å². The van der Waals surface area contributed by atoms with Gasteiger partial charge in [0.25, 0.3) is 0 Å². The molecule has 3 N–H and O–H groups in total. The van der Waals surface area contributed by atoms with Crippen molar-refractivity contribution < 1.29 is 4.52 Å². The number of hydrogen-bond donors (Lipinski definition) is 2. The van der Waals surface area contributed by atoms with E-state index in [4.69, 9.17) is 10.3 Å². The van der Waals surface area contributed by atoms with Crippen LogP contribution in [-0.2, 0) is 13.0 Å². The molecule has 0 radical (unpaired) electrons. The highest BCUT2D eigenvalue weighted by atomic mass is 32.1. The summed E-state index contributed by atoms with van der Waals surface area (Å²) in [7, 11) is 0. The molecule has 0 aliphatic carbocycles. The van der Waals surface area contributed by atoms with Crippen LogP contribution in [0.2, 0.25) is 0 Å². The van der Waals surface area contributed by atoms with Crippen LogP contribution in [0, 0.1) is 6.92 Å². The first-order valence-electron chi connectivity index (χ1n) is 6.24. The number of hydrogen-bond acceptors (Lipinski definition) is 8. The maximum atomic E-state index is 5.74. The van der Waals surface area contributed by atoms with Gasteiger partial charge < -0.3 is 15.6 Å². The Morgan fingerprint density at radius 1 is 1.35 bits per heavy atom. The molecule has 0 saturated carbocycles. The van der Waals surface area contributed by atoms with Crippen molar-refractivity contribution in [2.75, 3.05) is 11.1 Å². The maximum absolute atomic E-state index is 5.74. The van der Waals surface area contributed by atoms with Crippen molar-refractivity contribution in [3.05, 3.63) is 22.7 Å². The summed E-state index contributed by atoms with van der Waals surface area (Å²) in [4.78, 5) is 14.8. The van der Waals surface area contributed by atoms with Gasteiger partial charge in [0.05, 0.1) is 11.9 Å². The molecular weight excluding hydrogens is 276 g/mol. The zero-order chi connectivity index (χ0) is 14.1. The van der Waals surface area contributed by atoms with Gasteiger partial charge >= 0.3 is 0 Å². The van der Waals surface area contributed by atoms with E-state index in [1.165, 1.54) is 4.88 Å². The van der Waals surface area contributed by atoms with Crippen LogP contribution in [0.25, 0.3) is 10.2 Å². The Balaban J connectivity index is 1.91. The Morgan fingerprint density at radius 3 is 2.90 bits per heavy atom. The minimum Gasteiger partial charge on any atom is -0.368 e. The molecular formula is C12H14N6OS. The van der Waals surface area contributed by atoms with Gasteiger partial charge in [-0.3, -0.25) is 0 Å². The van der Waals surface area contributed by atoms with Crippen LogP contribution < -0.4 is 11.1 Å². The van der Waals surface area contributed by atoms with Crippen LogP contribution in [0.4, 0.5) is 11.8 Å². The lowest BCUT2D eigenvalue weighted by Gasteiger charge is -2.04. The smallest absolute Gasteiger partial charge is 0.245 e. The largest absolute Gasteiger partial charge is 0.368 e. The van der Waals surface area contributed by atoms with Crippen molar-refractivity contribution in [3.63, 3.8) is 0 Å². The third-order valence-electron chi connectivity index (χ3n) is 2.79. The molecule has 7 nitrogen and oxygen atoms in total. The second-order valence-electron chi connectivity index (χ2n) is 4.30. The van der Waals surface area contributed by atoms with Crippen molar-refractivity contribution in [3.8, 4) is 0 Å². The minimum absolute atomic E-state index is 0.256. The Kier molecular flexibility index (Phi) is 3.23. The summed E-state index contributed by atoms with van der Waals surface area (Å²) in [5.41, 5.74) is 5.74. The molecule has 8 heteroatoms. The van der Waals surface area contributed by atoms with Gasteiger partial charge in [-0.2, -0.15) is 9.97 Å². The first-order valence-corrected chi connectivity index (χ1v) is 7.06. The molecule has 0 aromatic carbocycles. The quantitative estimate of drug-likeness (QED) is 0.758. The summed E-state index contributed by atoms with van der Waals surface area (Å²) in [6.45, 7) is 4.29. The van der Waals surface area contributed by atoms with Crippen LogP contribution >= 0.6 is 11.3 Å².